The summed E-state index contributed by atoms with van der Waals surface area (Å²) < 4.78 is 0. The van der Waals surface area contributed by atoms with E-state index >= 15 is 0 Å². The Labute approximate surface area is 85.0 Å². The van der Waals surface area contributed by atoms with Crippen LogP contribution in [0.5, 0.6) is 0 Å². The largest absolute Gasteiger partial charge is 0.381 e. The number of hydrogen-bond donors (Lipinski definition) is 1. The summed E-state index contributed by atoms with van der Waals surface area (Å²) in [7, 11) is 0. The summed E-state index contributed by atoms with van der Waals surface area (Å²) in [6.45, 7) is 11.1. The molecule has 14 heavy (non-hydrogen) atoms. The van der Waals surface area contributed by atoms with Gasteiger partial charge < -0.3 is 9.95 Å². The number of benzene rings is 1. The molecule has 0 saturated heterocycles. The molecule has 1 unspecified atom stereocenters. The van der Waals surface area contributed by atoms with Crippen LogP contribution in [0.25, 0.3) is 4.85 Å². The van der Waals surface area contributed by atoms with Crippen LogP contribution in [0, 0.1) is 6.57 Å². The van der Waals surface area contributed by atoms with Crippen molar-refractivity contribution in [1.82, 2.24) is 0 Å². The molecule has 0 spiro atoms. The fourth-order valence-corrected chi connectivity index (χ4v) is 1.29. The first-order valence-electron chi connectivity index (χ1n) is 4.76. The summed E-state index contributed by atoms with van der Waals surface area (Å²) in [6, 6.07) is 7.80. The first-order valence-corrected chi connectivity index (χ1v) is 4.76. The van der Waals surface area contributed by atoms with Crippen LogP contribution in [-0.4, -0.2) is 11.7 Å². The third-order valence-electron chi connectivity index (χ3n) is 2.25. The van der Waals surface area contributed by atoms with Crippen molar-refractivity contribution in [3.05, 3.63) is 46.8 Å². The molecule has 1 N–H and O–H groups in total. The molecule has 0 aliphatic rings. The molecule has 2 heteroatoms. The highest BCUT2D eigenvalue weighted by Gasteiger charge is 2.09. The monoisotopic (exact) mass is 189 g/mol. The zero-order valence-electron chi connectivity index (χ0n) is 8.57. The summed E-state index contributed by atoms with van der Waals surface area (Å²) in [4.78, 5) is 3.17. The lowest BCUT2D eigenvalue weighted by Crippen LogP contribution is -2.00. The van der Waals surface area contributed by atoms with Gasteiger partial charge in [-0.05, 0) is 17.0 Å². The summed E-state index contributed by atoms with van der Waals surface area (Å²) in [5.74, 6) is 0.502. The zero-order valence-corrected chi connectivity index (χ0v) is 8.57. The van der Waals surface area contributed by atoms with Crippen LogP contribution >= 0.6 is 0 Å². The molecule has 0 radical (unpaired) electrons. The van der Waals surface area contributed by atoms with Crippen molar-refractivity contribution in [2.45, 2.75) is 25.9 Å². The molecule has 1 atom stereocenters. The van der Waals surface area contributed by atoms with Gasteiger partial charge in [-0.2, -0.15) is 0 Å². The molecule has 0 aliphatic carbocycles. The summed E-state index contributed by atoms with van der Waals surface area (Å²) >= 11 is 0. The minimum atomic E-state index is -0.645. The minimum Gasteiger partial charge on any atom is -0.381 e. The maximum absolute atomic E-state index is 9.54. The molecule has 1 aromatic rings. The lowest BCUT2D eigenvalue weighted by atomic mass is 10.00. The average Bonchev–Trinajstić information content (AvgIpc) is 2.18. The van der Waals surface area contributed by atoms with Crippen molar-refractivity contribution in [3.63, 3.8) is 0 Å². The van der Waals surface area contributed by atoms with E-state index in [1.54, 1.807) is 0 Å². The molecule has 1 rings (SSSR count). The van der Waals surface area contributed by atoms with E-state index in [0.29, 0.717) is 5.92 Å². The molecule has 0 saturated carbocycles. The van der Waals surface area contributed by atoms with Crippen molar-refractivity contribution in [3.8, 4) is 0 Å². The van der Waals surface area contributed by atoms with Crippen LogP contribution in [0.2, 0.25) is 0 Å². The Hall–Kier alpha value is -1.33. The average molecular weight is 189 g/mol. The van der Waals surface area contributed by atoms with Crippen LogP contribution in [0.1, 0.15) is 37.0 Å². The van der Waals surface area contributed by atoms with Gasteiger partial charge in [0.15, 0.2) is 6.10 Å². The second kappa shape index (κ2) is 4.78. The Morgan fingerprint density at radius 1 is 1.21 bits per heavy atom. The fraction of sp³-hybridized carbons (Fsp3) is 0.417. The Morgan fingerprint density at radius 3 is 2.14 bits per heavy atom. The van der Waals surface area contributed by atoms with E-state index in [2.05, 4.69) is 18.7 Å². The van der Waals surface area contributed by atoms with Gasteiger partial charge in [0.25, 0.3) is 0 Å². The highest BCUT2D eigenvalue weighted by Crippen LogP contribution is 2.18. The Kier molecular flexibility index (Phi) is 3.67. The SMILES string of the molecule is [C-]#[N+]CC(O)c1ccc(C(C)C)cc1. The van der Waals surface area contributed by atoms with Crippen molar-refractivity contribution < 1.29 is 5.11 Å². The van der Waals surface area contributed by atoms with Gasteiger partial charge in [0, 0.05) is 0 Å². The van der Waals surface area contributed by atoms with Crippen LogP contribution in [0.3, 0.4) is 0 Å². The molecule has 0 fully saturated rings. The standard InChI is InChI=1S/C12H15NO/c1-9(2)10-4-6-11(7-5-10)12(14)8-13-3/h4-7,9,12,14H,8H2,1-2H3. The molecule has 2 nitrogen and oxygen atoms in total. The molecular weight excluding hydrogens is 174 g/mol. The van der Waals surface area contributed by atoms with Gasteiger partial charge in [-0.3, -0.25) is 0 Å². The van der Waals surface area contributed by atoms with Crippen LogP contribution in [0.15, 0.2) is 24.3 Å². The van der Waals surface area contributed by atoms with E-state index in [0.717, 1.165) is 5.56 Å². The van der Waals surface area contributed by atoms with Gasteiger partial charge in [-0.25, -0.2) is 6.57 Å². The molecular formula is C12H15NO. The van der Waals surface area contributed by atoms with Gasteiger partial charge >= 0.3 is 0 Å². The lowest BCUT2D eigenvalue weighted by Gasteiger charge is -2.08. The van der Waals surface area contributed by atoms with Gasteiger partial charge in [0.2, 0.25) is 6.54 Å². The van der Waals surface area contributed by atoms with E-state index in [4.69, 9.17) is 6.57 Å². The van der Waals surface area contributed by atoms with Crippen molar-refractivity contribution >= 4 is 0 Å². The van der Waals surface area contributed by atoms with Gasteiger partial charge in [-0.1, -0.05) is 38.1 Å². The van der Waals surface area contributed by atoms with E-state index in [9.17, 15) is 5.11 Å². The predicted octanol–water partition coefficient (Wildman–Crippen LogP) is 2.76. The normalized spacial score (nSPS) is 12.5. The van der Waals surface area contributed by atoms with E-state index in [1.807, 2.05) is 24.3 Å². The quantitative estimate of drug-likeness (QED) is 0.726. The third kappa shape index (κ3) is 2.58. The van der Waals surface area contributed by atoms with Gasteiger partial charge in [0.1, 0.15) is 0 Å². The van der Waals surface area contributed by atoms with E-state index in [1.165, 1.54) is 5.56 Å². The molecule has 0 amide bonds. The van der Waals surface area contributed by atoms with Gasteiger partial charge in [-0.15, -0.1) is 0 Å². The maximum Gasteiger partial charge on any atom is 0.244 e. The molecule has 0 heterocycles. The second-order valence-electron chi connectivity index (χ2n) is 3.68. The summed E-state index contributed by atoms with van der Waals surface area (Å²) in [6.07, 6.45) is -0.645. The highest BCUT2D eigenvalue weighted by atomic mass is 16.3. The van der Waals surface area contributed by atoms with Crippen LogP contribution in [0.4, 0.5) is 0 Å². The Bertz CT molecular complexity index is 321. The zero-order chi connectivity index (χ0) is 10.6. The summed E-state index contributed by atoms with van der Waals surface area (Å²) in [5, 5.41) is 9.54. The Balaban J connectivity index is 2.78. The molecule has 0 aliphatic heterocycles. The van der Waals surface area contributed by atoms with E-state index < -0.39 is 6.10 Å². The molecule has 74 valence electrons. The Morgan fingerprint density at radius 2 is 1.71 bits per heavy atom. The molecule has 0 aromatic heterocycles. The maximum atomic E-state index is 9.54. The fourth-order valence-electron chi connectivity index (χ4n) is 1.29. The number of rotatable bonds is 3. The number of hydrogen-bond acceptors (Lipinski definition) is 1. The topological polar surface area (TPSA) is 24.6 Å². The van der Waals surface area contributed by atoms with Crippen molar-refractivity contribution in [1.29, 1.82) is 0 Å². The van der Waals surface area contributed by atoms with Crippen LogP contribution in [-0.2, 0) is 0 Å². The lowest BCUT2D eigenvalue weighted by molar-refractivity contribution is 0.195. The molecule has 1 aromatic carbocycles. The third-order valence-corrected chi connectivity index (χ3v) is 2.25. The number of aliphatic hydroxyl groups is 1. The minimum absolute atomic E-state index is 0.140. The smallest absolute Gasteiger partial charge is 0.244 e. The predicted molar refractivity (Wildman–Crippen MR) is 57.0 cm³/mol. The second-order valence-corrected chi connectivity index (χ2v) is 3.68. The number of nitrogens with zero attached hydrogens (tertiary/aromatic N) is 1. The summed E-state index contributed by atoms with van der Waals surface area (Å²) in [5.41, 5.74) is 2.08. The van der Waals surface area contributed by atoms with Gasteiger partial charge in [0.05, 0.1) is 0 Å². The van der Waals surface area contributed by atoms with Crippen molar-refractivity contribution in [2.75, 3.05) is 6.54 Å². The van der Waals surface area contributed by atoms with Crippen molar-refractivity contribution in [2.24, 2.45) is 0 Å². The van der Waals surface area contributed by atoms with Crippen LogP contribution < -0.4 is 0 Å². The highest BCUT2D eigenvalue weighted by molar-refractivity contribution is 5.26. The van der Waals surface area contributed by atoms with E-state index in [-0.39, 0.29) is 6.54 Å². The number of aliphatic hydroxyl groups excluding tert-OH is 1. The molecule has 0 bridgehead atoms. The first kappa shape index (κ1) is 10.7. The first-order chi connectivity index (χ1) is 6.65.